The number of aromatic nitrogens is 2. The lowest BCUT2D eigenvalue weighted by Gasteiger charge is -1.97. The number of carbonyl (C=O) groups excluding carboxylic acids is 1. The summed E-state index contributed by atoms with van der Waals surface area (Å²) >= 11 is 0. The number of hydrogen-bond acceptors (Lipinski definition) is 2. The minimum Gasteiger partial charge on any atom is -0.297 e. The Kier molecular flexibility index (Phi) is 2.83. The molecule has 3 rings (SSSR count). The highest BCUT2D eigenvalue weighted by Gasteiger charge is 2.06. The lowest BCUT2D eigenvalue weighted by Crippen LogP contribution is -1.92. The van der Waals surface area contributed by atoms with Crippen LogP contribution in [-0.4, -0.2) is 15.7 Å². The molecule has 2 aromatic heterocycles. The molecule has 0 aliphatic rings. The molecule has 0 spiro atoms. The Morgan fingerprint density at radius 2 is 2.05 bits per heavy atom. The minimum absolute atomic E-state index is 0.255. The molecular formula is C15H11FN2O. The third kappa shape index (κ3) is 2.25. The van der Waals surface area contributed by atoms with Gasteiger partial charge in [-0.05, 0) is 29.8 Å². The molecule has 0 fully saturated rings. The standard InChI is InChI=1S/C15H11FN2O/c16-12-4-1-3-11(7-12)8-13-9-18-14(10-19)5-2-6-15(18)17-13/h1-7,9-10H,8H2. The highest BCUT2D eigenvalue weighted by Crippen LogP contribution is 2.13. The fraction of sp³-hybridized carbons (Fsp3) is 0.0667. The van der Waals surface area contributed by atoms with Crippen LogP contribution in [0.2, 0.25) is 0 Å². The molecule has 0 saturated carbocycles. The van der Waals surface area contributed by atoms with E-state index in [9.17, 15) is 9.18 Å². The van der Waals surface area contributed by atoms with Gasteiger partial charge in [0.05, 0.1) is 11.4 Å². The van der Waals surface area contributed by atoms with Gasteiger partial charge in [-0.3, -0.25) is 9.20 Å². The smallest absolute Gasteiger partial charge is 0.166 e. The number of nitrogens with zero attached hydrogens (tertiary/aromatic N) is 2. The number of rotatable bonds is 3. The molecule has 0 radical (unpaired) electrons. The maximum absolute atomic E-state index is 13.1. The summed E-state index contributed by atoms with van der Waals surface area (Å²) in [4.78, 5) is 15.4. The summed E-state index contributed by atoms with van der Waals surface area (Å²) in [6, 6.07) is 11.8. The third-order valence-corrected chi connectivity index (χ3v) is 2.97. The summed E-state index contributed by atoms with van der Waals surface area (Å²) in [5.41, 5.74) is 2.93. The average molecular weight is 254 g/mol. The first-order valence-corrected chi connectivity index (χ1v) is 5.93. The zero-order valence-electron chi connectivity index (χ0n) is 10.1. The van der Waals surface area contributed by atoms with Crippen LogP contribution in [0.25, 0.3) is 5.65 Å². The Balaban J connectivity index is 2.00. The average Bonchev–Trinajstić information content (AvgIpc) is 2.80. The molecule has 3 aromatic rings. The number of imidazole rings is 1. The first kappa shape index (κ1) is 11.6. The van der Waals surface area contributed by atoms with Crippen molar-refractivity contribution < 1.29 is 9.18 Å². The summed E-state index contributed by atoms with van der Waals surface area (Å²) in [7, 11) is 0. The van der Waals surface area contributed by atoms with Crippen LogP contribution in [0.3, 0.4) is 0 Å². The van der Waals surface area contributed by atoms with Gasteiger partial charge in [-0.2, -0.15) is 0 Å². The second kappa shape index (κ2) is 4.65. The molecule has 4 heteroatoms. The van der Waals surface area contributed by atoms with E-state index < -0.39 is 0 Å². The largest absolute Gasteiger partial charge is 0.297 e. The van der Waals surface area contributed by atoms with E-state index >= 15 is 0 Å². The van der Waals surface area contributed by atoms with E-state index in [1.165, 1.54) is 12.1 Å². The van der Waals surface area contributed by atoms with E-state index in [4.69, 9.17) is 0 Å². The predicted octanol–water partition coefficient (Wildman–Crippen LogP) is 2.88. The predicted molar refractivity (Wildman–Crippen MR) is 69.8 cm³/mol. The Bertz CT molecular complexity index is 749. The molecular weight excluding hydrogens is 243 g/mol. The van der Waals surface area contributed by atoms with Gasteiger partial charge in [0.25, 0.3) is 0 Å². The number of pyridine rings is 1. The molecule has 0 aliphatic heterocycles. The van der Waals surface area contributed by atoms with Gasteiger partial charge in [0, 0.05) is 12.6 Å². The topological polar surface area (TPSA) is 34.4 Å². The molecule has 0 unspecified atom stereocenters. The van der Waals surface area contributed by atoms with Gasteiger partial charge >= 0.3 is 0 Å². The molecule has 19 heavy (non-hydrogen) atoms. The molecule has 0 saturated heterocycles. The van der Waals surface area contributed by atoms with Crippen molar-refractivity contribution in [3.63, 3.8) is 0 Å². The van der Waals surface area contributed by atoms with Crippen molar-refractivity contribution in [2.75, 3.05) is 0 Å². The second-order valence-corrected chi connectivity index (χ2v) is 4.34. The fourth-order valence-corrected chi connectivity index (χ4v) is 2.12. The summed E-state index contributed by atoms with van der Waals surface area (Å²) in [5, 5.41) is 0. The Hall–Kier alpha value is -2.49. The van der Waals surface area contributed by atoms with Crippen molar-refractivity contribution in [2.24, 2.45) is 0 Å². The van der Waals surface area contributed by atoms with Gasteiger partial charge in [-0.25, -0.2) is 9.37 Å². The van der Waals surface area contributed by atoms with E-state index in [0.717, 1.165) is 23.2 Å². The first-order chi connectivity index (χ1) is 9.26. The Morgan fingerprint density at radius 3 is 2.84 bits per heavy atom. The molecule has 0 aliphatic carbocycles. The molecule has 0 amide bonds. The molecule has 94 valence electrons. The lowest BCUT2D eigenvalue weighted by atomic mass is 10.1. The van der Waals surface area contributed by atoms with Crippen LogP contribution in [-0.2, 0) is 6.42 Å². The number of fused-ring (bicyclic) bond motifs is 1. The highest BCUT2D eigenvalue weighted by molar-refractivity contribution is 5.73. The van der Waals surface area contributed by atoms with Crippen molar-refractivity contribution in [1.29, 1.82) is 0 Å². The zero-order chi connectivity index (χ0) is 13.2. The maximum Gasteiger partial charge on any atom is 0.166 e. The van der Waals surface area contributed by atoms with Gasteiger partial charge in [-0.1, -0.05) is 18.2 Å². The number of halogens is 1. The SMILES string of the molecule is O=Cc1cccc2nc(Cc3cccc(F)c3)cn12. The normalized spacial score (nSPS) is 10.8. The number of hydrogen-bond donors (Lipinski definition) is 0. The van der Waals surface area contributed by atoms with Crippen LogP contribution in [0.4, 0.5) is 4.39 Å². The van der Waals surface area contributed by atoms with Crippen LogP contribution in [0.15, 0.2) is 48.7 Å². The van der Waals surface area contributed by atoms with Crippen LogP contribution in [0, 0.1) is 5.82 Å². The number of benzene rings is 1. The third-order valence-electron chi connectivity index (χ3n) is 2.97. The zero-order valence-corrected chi connectivity index (χ0v) is 10.1. The van der Waals surface area contributed by atoms with Crippen molar-refractivity contribution in [2.45, 2.75) is 6.42 Å². The van der Waals surface area contributed by atoms with Crippen LogP contribution in [0.5, 0.6) is 0 Å². The monoisotopic (exact) mass is 254 g/mol. The summed E-state index contributed by atoms with van der Waals surface area (Å²) in [6.07, 6.45) is 3.14. The quantitative estimate of drug-likeness (QED) is 0.673. The van der Waals surface area contributed by atoms with Crippen molar-refractivity contribution in [3.05, 3.63) is 71.4 Å². The van der Waals surface area contributed by atoms with Crippen molar-refractivity contribution >= 4 is 11.9 Å². The molecule has 0 bridgehead atoms. The van der Waals surface area contributed by atoms with Crippen molar-refractivity contribution in [3.8, 4) is 0 Å². The Morgan fingerprint density at radius 1 is 1.21 bits per heavy atom. The highest BCUT2D eigenvalue weighted by atomic mass is 19.1. The molecule has 0 N–H and O–H groups in total. The van der Waals surface area contributed by atoms with Gasteiger partial charge in [0.1, 0.15) is 11.5 Å². The maximum atomic E-state index is 13.1. The summed E-state index contributed by atoms with van der Waals surface area (Å²) in [5.74, 6) is -0.255. The van der Waals surface area contributed by atoms with Crippen LogP contribution < -0.4 is 0 Å². The van der Waals surface area contributed by atoms with E-state index in [1.807, 2.05) is 18.3 Å². The van der Waals surface area contributed by atoms with Crippen LogP contribution in [0.1, 0.15) is 21.7 Å². The van der Waals surface area contributed by atoms with E-state index in [1.54, 1.807) is 22.6 Å². The van der Waals surface area contributed by atoms with Crippen molar-refractivity contribution in [1.82, 2.24) is 9.38 Å². The lowest BCUT2D eigenvalue weighted by molar-refractivity contribution is 0.111. The van der Waals surface area contributed by atoms with Gasteiger partial charge in [-0.15, -0.1) is 0 Å². The first-order valence-electron chi connectivity index (χ1n) is 5.93. The van der Waals surface area contributed by atoms with Crippen LogP contribution >= 0.6 is 0 Å². The fourth-order valence-electron chi connectivity index (χ4n) is 2.12. The van der Waals surface area contributed by atoms with E-state index in [-0.39, 0.29) is 5.82 Å². The van der Waals surface area contributed by atoms with E-state index in [2.05, 4.69) is 4.98 Å². The van der Waals surface area contributed by atoms with E-state index in [0.29, 0.717) is 12.1 Å². The molecule has 0 atom stereocenters. The summed E-state index contributed by atoms with van der Waals surface area (Å²) in [6.45, 7) is 0. The molecule has 1 aromatic carbocycles. The second-order valence-electron chi connectivity index (χ2n) is 4.34. The van der Waals surface area contributed by atoms with Gasteiger partial charge < -0.3 is 0 Å². The van der Waals surface area contributed by atoms with Gasteiger partial charge in [0.2, 0.25) is 0 Å². The Labute approximate surface area is 109 Å². The molecule has 3 nitrogen and oxygen atoms in total. The number of carbonyl (C=O) groups is 1. The molecule has 2 heterocycles. The number of aldehydes is 1. The van der Waals surface area contributed by atoms with Gasteiger partial charge in [0.15, 0.2) is 6.29 Å². The summed E-state index contributed by atoms with van der Waals surface area (Å²) < 4.78 is 14.9. The minimum atomic E-state index is -0.255.